The van der Waals surface area contributed by atoms with Crippen molar-refractivity contribution in [2.45, 2.75) is 132 Å². The van der Waals surface area contributed by atoms with E-state index in [0.29, 0.717) is 12.8 Å². The molecule has 14 nitrogen and oxygen atoms in total. The van der Waals surface area contributed by atoms with E-state index < -0.39 is 101 Å². The second-order valence-electron chi connectivity index (χ2n) is 14.8. The number of fused-ring (bicyclic) bond motifs is 3. The van der Waals surface area contributed by atoms with Gasteiger partial charge in [0.1, 0.15) is 23.6 Å². The summed E-state index contributed by atoms with van der Waals surface area (Å²) in [4.78, 5) is 52.7. The average molecular weight is 711 g/mol. The number of hydrogen-bond acceptors (Lipinski definition) is 14. The van der Waals surface area contributed by atoms with Gasteiger partial charge >= 0.3 is 0 Å². The molecule has 274 valence electrons. The van der Waals surface area contributed by atoms with Crippen LogP contribution in [0.2, 0.25) is 0 Å². The van der Waals surface area contributed by atoms with Crippen LogP contribution in [0.5, 0.6) is 5.75 Å². The molecule has 0 aromatic heterocycles. The van der Waals surface area contributed by atoms with E-state index in [2.05, 4.69) is 0 Å². The molecule has 7 rings (SSSR count). The molecule has 0 unspecified atom stereocenters. The molecule has 3 aliphatic heterocycles. The van der Waals surface area contributed by atoms with Crippen molar-refractivity contribution in [3.63, 3.8) is 0 Å². The first-order valence-electron chi connectivity index (χ1n) is 17.2. The van der Waals surface area contributed by atoms with E-state index in [-0.39, 0.29) is 46.7 Å². The summed E-state index contributed by atoms with van der Waals surface area (Å²) in [6.45, 7) is 6.52. The van der Waals surface area contributed by atoms with E-state index in [0.717, 1.165) is 12.2 Å². The molecular weight excluding hydrogens is 668 g/mol. The molecular formula is C37H42O14. The second-order valence-corrected chi connectivity index (χ2v) is 14.8. The van der Waals surface area contributed by atoms with Crippen LogP contribution in [-0.4, -0.2) is 115 Å². The van der Waals surface area contributed by atoms with Gasteiger partial charge in [0.05, 0.1) is 47.3 Å². The Labute approximate surface area is 293 Å². The Balaban J connectivity index is 1.05. The molecule has 0 amide bonds. The topological polar surface area (TPSA) is 216 Å². The van der Waals surface area contributed by atoms with Gasteiger partial charge in [-0.2, -0.15) is 0 Å². The summed E-state index contributed by atoms with van der Waals surface area (Å²) in [6.07, 6.45) is -0.990. The molecule has 6 aliphatic rings. The van der Waals surface area contributed by atoms with Crippen molar-refractivity contribution in [1.82, 2.24) is 0 Å². The highest BCUT2D eigenvalue weighted by molar-refractivity contribution is 6.32. The highest BCUT2D eigenvalue weighted by Crippen LogP contribution is 2.52. The Morgan fingerprint density at radius 1 is 0.902 bits per heavy atom. The van der Waals surface area contributed by atoms with Crippen molar-refractivity contribution in [3.8, 4) is 5.75 Å². The Kier molecular flexibility index (Phi) is 8.88. The van der Waals surface area contributed by atoms with Crippen LogP contribution in [0.3, 0.4) is 0 Å². The summed E-state index contributed by atoms with van der Waals surface area (Å²) < 4.78 is 30.0. The number of aliphatic hydroxyl groups is 4. The normalized spacial score (nSPS) is 42.5. The molecule has 51 heavy (non-hydrogen) atoms. The van der Waals surface area contributed by atoms with E-state index >= 15 is 0 Å². The van der Waals surface area contributed by atoms with Crippen molar-refractivity contribution >= 4 is 23.1 Å². The van der Waals surface area contributed by atoms with Crippen LogP contribution in [0, 0.1) is 0 Å². The minimum Gasteiger partial charge on any atom is -0.507 e. The van der Waals surface area contributed by atoms with E-state index in [9.17, 15) is 44.7 Å². The van der Waals surface area contributed by atoms with Crippen LogP contribution in [-0.2, 0) is 33.3 Å². The minimum absolute atomic E-state index is 0.0329. The van der Waals surface area contributed by atoms with Gasteiger partial charge in [0.2, 0.25) is 0 Å². The fourth-order valence-electron chi connectivity index (χ4n) is 8.27. The molecule has 2 saturated heterocycles. The molecule has 3 aliphatic carbocycles. The van der Waals surface area contributed by atoms with Gasteiger partial charge in [-0.05, 0) is 58.4 Å². The first kappa shape index (κ1) is 35.9. The van der Waals surface area contributed by atoms with Gasteiger partial charge < -0.3 is 49.2 Å². The lowest BCUT2D eigenvalue weighted by Gasteiger charge is -2.51. The third-order valence-electron chi connectivity index (χ3n) is 10.9. The number of carbonyl (C=O) groups is 4. The highest BCUT2D eigenvalue weighted by atomic mass is 16.7. The number of hydrogen-bond donors (Lipinski definition) is 5. The van der Waals surface area contributed by atoms with Gasteiger partial charge in [-0.25, -0.2) is 0 Å². The van der Waals surface area contributed by atoms with Crippen molar-refractivity contribution in [2.24, 2.45) is 0 Å². The predicted molar refractivity (Wildman–Crippen MR) is 173 cm³/mol. The summed E-state index contributed by atoms with van der Waals surface area (Å²) in [7, 11) is 0. The smallest absolute Gasteiger partial charge is 0.198 e. The van der Waals surface area contributed by atoms with Crippen LogP contribution in [0.4, 0.5) is 0 Å². The Morgan fingerprint density at radius 2 is 1.65 bits per heavy atom. The standard InChI is InChI=1S/C37H42O14/c1-16-22(38)7-9-27(48-16)50-24-8-10-28(49-17(24)2)51-34-18(3)47-25(13-23(34)39)19-5-6-20-29(31(19)41)32(42)21-11-12-36(45)15-35(4,44)14-26(40)37(36,46)30(21)33(20)43/h5-7,9,11-12,16-18,23-25,27-28,34,39,41,44-46H,8,10,13-15H2,1-4H3/t16-,17+,18-,23+,24+,25-,27+,28+,34-,35+,36+,37+/m1/s1. The van der Waals surface area contributed by atoms with Gasteiger partial charge in [0, 0.05) is 42.4 Å². The number of benzene rings is 1. The molecule has 1 saturated carbocycles. The number of ether oxygens (including phenoxy) is 5. The SMILES string of the molecule is C[C@@H]1O[C@@H](O[C@H]2[C@@H](O)C[C@H](c3ccc4c(c3O)C(=O)C3=C(C4=O)[C@@]4(O)C(=O)C[C@](C)(O)C[C@@]4(O)C=C3)O[C@@H]2C)CC[C@@H]1O[C@H]1C=CC(=O)[C@@H](C)O1. The molecule has 5 N–H and O–H groups in total. The fourth-order valence-corrected chi connectivity index (χ4v) is 8.27. The Hall–Kier alpha value is -3.44. The number of phenols is 1. The zero-order valence-electron chi connectivity index (χ0n) is 28.6. The molecule has 3 fully saturated rings. The molecule has 14 heteroatoms. The van der Waals surface area contributed by atoms with E-state index in [4.69, 9.17) is 23.7 Å². The molecule has 0 spiro atoms. The molecule has 0 radical (unpaired) electrons. The molecule has 12 atom stereocenters. The maximum atomic E-state index is 13.9. The lowest BCUT2D eigenvalue weighted by atomic mass is 9.57. The number of aliphatic hydroxyl groups excluding tert-OH is 1. The summed E-state index contributed by atoms with van der Waals surface area (Å²) in [5, 5.41) is 56.2. The van der Waals surface area contributed by atoms with E-state index in [1.807, 2.05) is 6.92 Å². The average Bonchev–Trinajstić information content (AvgIpc) is 3.04. The van der Waals surface area contributed by atoms with Crippen LogP contribution in [0.1, 0.15) is 92.2 Å². The summed E-state index contributed by atoms with van der Waals surface area (Å²) in [6, 6.07) is 2.66. The molecule has 3 heterocycles. The van der Waals surface area contributed by atoms with Crippen molar-refractivity contribution in [3.05, 3.63) is 64.3 Å². The van der Waals surface area contributed by atoms with Crippen LogP contribution in [0.15, 0.2) is 47.6 Å². The lowest BCUT2D eigenvalue weighted by Crippen LogP contribution is -2.69. The number of carbonyl (C=O) groups excluding carboxylic acids is 4. The zero-order chi connectivity index (χ0) is 36.8. The Bertz CT molecular complexity index is 1760. The van der Waals surface area contributed by atoms with Crippen LogP contribution in [0.25, 0.3) is 0 Å². The number of allylic oxidation sites excluding steroid dienone is 2. The predicted octanol–water partition coefficient (Wildman–Crippen LogP) is 1.59. The quantitative estimate of drug-likeness (QED) is 0.294. The summed E-state index contributed by atoms with van der Waals surface area (Å²) >= 11 is 0. The Morgan fingerprint density at radius 3 is 2.33 bits per heavy atom. The monoisotopic (exact) mass is 710 g/mol. The third-order valence-corrected chi connectivity index (χ3v) is 10.9. The van der Waals surface area contributed by atoms with Gasteiger partial charge in [-0.1, -0.05) is 12.1 Å². The number of rotatable bonds is 5. The van der Waals surface area contributed by atoms with E-state index in [1.165, 1.54) is 25.1 Å². The maximum Gasteiger partial charge on any atom is 0.198 e. The van der Waals surface area contributed by atoms with Crippen molar-refractivity contribution in [2.75, 3.05) is 0 Å². The minimum atomic E-state index is -2.78. The van der Waals surface area contributed by atoms with Crippen LogP contribution >= 0.6 is 0 Å². The first-order chi connectivity index (χ1) is 23.9. The number of ketones is 4. The van der Waals surface area contributed by atoms with Gasteiger partial charge in [0.15, 0.2) is 41.3 Å². The number of Topliss-reactive ketones (excluding diaryl/α,β-unsaturated/α-hetero) is 3. The fraction of sp³-hybridized carbons (Fsp3) is 0.568. The summed E-state index contributed by atoms with van der Waals surface area (Å²) in [5.74, 6) is -3.46. The van der Waals surface area contributed by atoms with Crippen molar-refractivity contribution in [1.29, 1.82) is 0 Å². The van der Waals surface area contributed by atoms with Gasteiger partial charge in [-0.15, -0.1) is 0 Å². The second kappa shape index (κ2) is 12.6. The lowest BCUT2D eigenvalue weighted by molar-refractivity contribution is -0.292. The molecule has 1 aromatic rings. The largest absolute Gasteiger partial charge is 0.507 e. The zero-order valence-corrected chi connectivity index (χ0v) is 28.6. The van der Waals surface area contributed by atoms with Gasteiger partial charge in [0.25, 0.3) is 0 Å². The number of aromatic hydroxyl groups is 1. The first-order valence-corrected chi connectivity index (χ1v) is 17.2. The van der Waals surface area contributed by atoms with Crippen LogP contribution < -0.4 is 0 Å². The number of phenolic OH excluding ortho intramolecular Hbond substituents is 1. The molecule has 0 bridgehead atoms. The maximum absolute atomic E-state index is 13.9. The summed E-state index contributed by atoms with van der Waals surface area (Å²) in [5.41, 5.74) is -8.24. The van der Waals surface area contributed by atoms with Crippen molar-refractivity contribution < 1.29 is 68.4 Å². The van der Waals surface area contributed by atoms with E-state index in [1.54, 1.807) is 19.9 Å². The van der Waals surface area contributed by atoms with Gasteiger partial charge in [-0.3, -0.25) is 19.2 Å². The third kappa shape index (κ3) is 5.86. The molecule has 1 aromatic carbocycles. The highest BCUT2D eigenvalue weighted by Gasteiger charge is 2.66.